The van der Waals surface area contributed by atoms with Gasteiger partial charge in [-0.2, -0.15) is 0 Å². The highest BCUT2D eigenvalue weighted by atomic mass is 16.4. The number of rotatable bonds is 14. The number of carbonyl (C=O) groups is 3. The summed E-state index contributed by atoms with van der Waals surface area (Å²) in [6.07, 6.45) is 7.55. The highest BCUT2D eigenvalue weighted by Gasteiger charge is 2.30. The number of nitrogens with one attached hydrogen (secondary N) is 3. The molecule has 13 nitrogen and oxygen atoms in total. The molecule has 1 aromatic heterocycles. The van der Waals surface area contributed by atoms with E-state index in [-0.39, 0.29) is 42.8 Å². The first-order valence-corrected chi connectivity index (χ1v) is 12.4. The van der Waals surface area contributed by atoms with Gasteiger partial charge in [0.15, 0.2) is 11.6 Å². The molecule has 13 heteroatoms. The summed E-state index contributed by atoms with van der Waals surface area (Å²) in [4.78, 5) is 56.5. The van der Waals surface area contributed by atoms with E-state index in [9.17, 15) is 24.3 Å². The molecule has 2 rings (SSSR count). The molecule has 1 fully saturated rings. The van der Waals surface area contributed by atoms with Crippen molar-refractivity contribution >= 4 is 34.9 Å². The van der Waals surface area contributed by atoms with Crippen molar-refractivity contribution in [2.45, 2.75) is 76.9 Å². The number of aromatic nitrogens is 2. The smallest absolute Gasteiger partial charge is 0.305 e. The van der Waals surface area contributed by atoms with Crippen LogP contribution in [-0.2, 0) is 14.4 Å². The number of hydrogen-bond acceptors (Lipinski definition) is 10. The lowest BCUT2D eigenvalue weighted by Crippen LogP contribution is -2.50. The van der Waals surface area contributed by atoms with Crippen LogP contribution in [0.5, 0.6) is 0 Å². The molecule has 1 aliphatic carbocycles. The van der Waals surface area contributed by atoms with Crippen molar-refractivity contribution in [3.05, 3.63) is 22.7 Å². The lowest BCUT2D eigenvalue weighted by Gasteiger charge is -2.31. The molecule has 2 atom stereocenters. The Bertz CT molecular complexity index is 1060. The Hall–Kier alpha value is -3.61. The van der Waals surface area contributed by atoms with E-state index in [0.717, 1.165) is 30.3 Å². The van der Waals surface area contributed by atoms with Gasteiger partial charge in [-0.3, -0.25) is 28.6 Å². The molecule has 0 aromatic carbocycles. The zero-order chi connectivity index (χ0) is 27.5. The fourth-order valence-electron chi connectivity index (χ4n) is 4.41. The molecule has 0 aliphatic heterocycles. The number of anilines is 1. The van der Waals surface area contributed by atoms with E-state index in [0.29, 0.717) is 0 Å². The van der Waals surface area contributed by atoms with Crippen LogP contribution in [0, 0.1) is 5.41 Å². The minimum atomic E-state index is -1.24. The molecule has 0 saturated heterocycles. The molecule has 0 radical (unpaired) electrons. The first-order valence-electron chi connectivity index (χ1n) is 12.4. The maximum atomic E-state index is 13.2. The molecule has 1 saturated carbocycles. The number of carboxylic acids is 1. The SMILES string of the molecule is CCC(C(=O)NC(CC(=O)O)C(=O)CN(C)C1CCCCC1)n1ccnc(NC/C(=N/O)C(C)=N)c1=O. The van der Waals surface area contributed by atoms with Gasteiger partial charge >= 0.3 is 5.97 Å². The predicted octanol–water partition coefficient (Wildman–Crippen LogP) is 1.27. The Morgan fingerprint density at radius 3 is 2.54 bits per heavy atom. The van der Waals surface area contributed by atoms with Crippen LogP contribution in [0.25, 0.3) is 0 Å². The largest absolute Gasteiger partial charge is 0.481 e. The summed E-state index contributed by atoms with van der Waals surface area (Å²) < 4.78 is 1.15. The second kappa shape index (κ2) is 14.2. The highest BCUT2D eigenvalue weighted by Crippen LogP contribution is 2.21. The van der Waals surface area contributed by atoms with E-state index in [1.165, 1.54) is 25.7 Å². The molecule has 37 heavy (non-hydrogen) atoms. The second-order valence-electron chi connectivity index (χ2n) is 9.27. The Kier molecular flexibility index (Phi) is 11.4. The molecular formula is C24H37N7O6. The van der Waals surface area contributed by atoms with E-state index in [1.807, 2.05) is 11.9 Å². The van der Waals surface area contributed by atoms with Gasteiger partial charge in [-0.05, 0) is 33.2 Å². The second-order valence-corrected chi connectivity index (χ2v) is 9.27. The summed E-state index contributed by atoms with van der Waals surface area (Å²) in [6, 6.07) is -2.01. The molecule has 0 spiro atoms. The number of likely N-dealkylation sites (N-methyl/N-ethyl adjacent to an activating group) is 1. The number of ketones is 1. The number of oxime groups is 1. The number of carbonyl (C=O) groups excluding carboxylic acids is 2. The highest BCUT2D eigenvalue weighted by molar-refractivity contribution is 6.41. The molecular weight excluding hydrogens is 482 g/mol. The van der Waals surface area contributed by atoms with E-state index >= 15 is 0 Å². The van der Waals surface area contributed by atoms with Crippen molar-refractivity contribution in [2.24, 2.45) is 5.16 Å². The lowest BCUT2D eigenvalue weighted by molar-refractivity contribution is -0.140. The van der Waals surface area contributed by atoms with Gasteiger partial charge in [-0.1, -0.05) is 31.3 Å². The van der Waals surface area contributed by atoms with Gasteiger partial charge in [0.05, 0.1) is 31.3 Å². The minimum absolute atomic E-state index is 0.000315. The monoisotopic (exact) mass is 519 g/mol. The summed E-state index contributed by atoms with van der Waals surface area (Å²) in [5, 5.41) is 34.2. The molecule has 2 unspecified atom stereocenters. The Balaban J connectivity index is 2.17. The number of nitrogens with zero attached hydrogens (tertiary/aromatic N) is 4. The molecule has 1 aromatic rings. The molecule has 1 amide bonds. The lowest BCUT2D eigenvalue weighted by atomic mass is 9.94. The number of aliphatic carboxylic acids is 1. The summed E-state index contributed by atoms with van der Waals surface area (Å²) in [5.74, 6) is -2.40. The quantitative estimate of drug-likeness (QED) is 0.137. The average Bonchev–Trinajstić information content (AvgIpc) is 2.86. The van der Waals surface area contributed by atoms with E-state index in [1.54, 1.807) is 6.92 Å². The van der Waals surface area contributed by atoms with Gasteiger partial charge < -0.3 is 26.4 Å². The number of carboxylic acid groups (broad SMARTS) is 1. The summed E-state index contributed by atoms with van der Waals surface area (Å²) >= 11 is 0. The molecule has 204 valence electrons. The standard InChI is InChI=1S/C24H37N7O6/c1-4-19(31-11-10-26-22(24(31)36)27-13-18(29-37)15(2)25)23(35)28-17(12-21(33)34)20(32)14-30(3)16-8-6-5-7-9-16/h10-11,16-17,19,25,37H,4-9,12-14H2,1-3H3,(H,26,27)(H,28,35)(H,33,34)/b25-15?,29-18-. The first kappa shape index (κ1) is 29.6. The maximum Gasteiger partial charge on any atom is 0.305 e. The van der Waals surface area contributed by atoms with Gasteiger partial charge in [0.2, 0.25) is 5.91 Å². The van der Waals surface area contributed by atoms with Crippen LogP contribution in [0.4, 0.5) is 5.82 Å². The normalized spacial score (nSPS) is 16.2. The third-order valence-electron chi connectivity index (χ3n) is 6.56. The molecule has 5 N–H and O–H groups in total. The van der Waals surface area contributed by atoms with E-state index < -0.39 is 41.7 Å². The van der Waals surface area contributed by atoms with Crippen LogP contribution in [0.1, 0.15) is 64.8 Å². The predicted molar refractivity (Wildman–Crippen MR) is 138 cm³/mol. The van der Waals surface area contributed by atoms with Gasteiger partial charge in [0.25, 0.3) is 5.56 Å². The van der Waals surface area contributed by atoms with Gasteiger partial charge in [-0.15, -0.1) is 0 Å². The fraction of sp³-hybridized carbons (Fsp3) is 0.625. The number of hydrogen-bond donors (Lipinski definition) is 5. The maximum absolute atomic E-state index is 13.2. The van der Waals surface area contributed by atoms with Crippen LogP contribution >= 0.6 is 0 Å². The van der Waals surface area contributed by atoms with Crippen LogP contribution < -0.4 is 16.2 Å². The summed E-state index contributed by atoms with van der Waals surface area (Å²) in [7, 11) is 1.83. The van der Waals surface area contributed by atoms with Gasteiger partial charge in [0.1, 0.15) is 11.8 Å². The van der Waals surface area contributed by atoms with Crippen molar-refractivity contribution in [1.29, 1.82) is 5.41 Å². The third-order valence-corrected chi connectivity index (χ3v) is 6.56. The van der Waals surface area contributed by atoms with Crippen LogP contribution in [0.3, 0.4) is 0 Å². The summed E-state index contributed by atoms with van der Waals surface area (Å²) in [5.41, 5.74) is -0.627. The van der Waals surface area contributed by atoms with Crippen LogP contribution in [0.2, 0.25) is 0 Å². The van der Waals surface area contributed by atoms with Crippen LogP contribution in [0.15, 0.2) is 22.3 Å². The number of amides is 1. The van der Waals surface area contributed by atoms with Crippen molar-refractivity contribution in [1.82, 2.24) is 19.8 Å². The zero-order valence-corrected chi connectivity index (χ0v) is 21.6. The van der Waals surface area contributed by atoms with Crippen molar-refractivity contribution in [2.75, 3.05) is 25.5 Å². The van der Waals surface area contributed by atoms with Gasteiger partial charge in [-0.25, -0.2) is 4.98 Å². The van der Waals surface area contributed by atoms with Gasteiger partial charge in [0, 0.05) is 18.4 Å². The minimum Gasteiger partial charge on any atom is -0.481 e. The molecule has 1 aliphatic rings. The first-order chi connectivity index (χ1) is 17.6. The molecule has 0 bridgehead atoms. The fourth-order valence-corrected chi connectivity index (χ4v) is 4.41. The van der Waals surface area contributed by atoms with E-state index in [4.69, 9.17) is 10.6 Å². The Labute approximate surface area is 215 Å². The Morgan fingerprint density at radius 2 is 1.97 bits per heavy atom. The Morgan fingerprint density at radius 1 is 1.30 bits per heavy atom. The van der Waals surface area contributed by atoms with Crippen molar-refractivity contribution in [3.8, 4) is 0 Å². The van der Waals surface area contributed by atoms with Crippen LogP contribution in [-0.4, -0.2) is 86.1 Å². The topological polar surface area (TPSA) is 190 Å². The van der Waals surface area contributed by atoms with E-state index in [2.05, 4.69) is 20.8 Å². The van der Waals surface area contributed by atoms with Crippen molar-refractivity contribution < 1.29 is 24.7 Å². The molecule has 1 heterocycles. The number of Topliss-reactive ketones (excluding diaryl/α,β-unsaturated/α-hetero) is 1. The third kappa shape index (κ3) is 8.48. The summed E-state index contributed by atoms with van der Waals surface area (Å²) in [6.45, 7) is 2.99. The average molecular weight is 520 g/mol. The zero-order valence-electron chi connectivity index (χ0n) is 21.6. The van der Waals surface area contributed by atoms with Crippen molar-refractivity contribution in [3.63, 3.8) is 0 Å².